The van der Waals surface area contributed by atoms with Crippen molar-refractivity contribution in [2.24, 2.45) is 10.7 Å². The first kappa shape index (κ1) is 16.0. The second kappa shape index (κ2) is 6.76. The minimum absolute atomic E-state index is 0.116. The van der Waals surface area contributed by atoms with Crippen LogP contribution in [0.5, 0.6) is 5.75 Å². The van der Waals surface area contributed by atoms with E-state index in [1.165, 1.54) is 0 Å². The summed E-state index contributed by atoms with van der Waals surface area (Å²) in [5.74, 6) is 1.32. The van der Waals surface area contributed by atoms with Gasteiger partial charge < -0.3 is 20.2 Å². The van der Waals surface area contributed by atoms with E-state index < -0.39 is 0 Å². The lowest BCUT2D eigenvalue weighted by atomic mass is 10.0. The molecule has 0 radical (unpaired) electrons. The molecule has 4 rings (SSSR count). The Morgan fingerprint density at radius 3 is 3.12 bits per heavy atom. The average Bonchev–Trinajstić information content (AvgIpc) is 3.02. The van der Waals surface area contributed by atoms with E-state index in [-0.39, 0.29) is 6.04 Å². The normalized spacial score (nSPS) is 17.2. The number of pyridine rings is 1. The standard InChI is InChI=1S/C18H18BrN5O/c19-12-5-6-17-22-13(11-24(17)10-12)9-21-18(20)23-15-7-8-25-16-4-2-1-3-14(15)16/h1-6,10-11,15H,7-9H2,(H3,20,21,23). The largest absolute Gasteiger partial charge is 0.493 e. The minimum atomic E-state index is 0.116. The Bertz CT molecular complexity index is 936. The van der Waals surface area contributed by atoms with Gasteiger partial charge in [-0.15, -0.1) is 0 Å². The van der Waals surface area contributed by atoms with E-state index in [1.807, 2.05) is 47.1 Å². The number of fused-ring (bicyclic) bond motifs is 2. The molecule has 25 heavy (non-hydrogen) atoms. The van der Waals surface area contributed by atoms with Gasteiger partial charge in [0.25, 0.3) is 0 Å². The molecule has 1 atom stereocenters. The van der Waals surface area contributed by atoms with Gasteiger partial charge in [-0.25, -0.2) is 9.98 Å². The Hall–Kier alpha value is -2.54. The molecule has 0 bridgehead atoms. The number of aromatic nitrogens is 2. The first-order valence-electron chi connectivity index (χ1n) is 8.10. The summed E-state index contributed by atoms with van der Waals surface area (Å²) >= 11 is 3.46. The van der Waals surface area contributed by atoms with Gasteiger partial charge in [-0.05, 0) is 34.1 Å². The van der Waals surface area contributed by atoms with Crippen molar-refractivity contribution in [3.8, 4) is 5.75 Å². The lowest BCUT2D eigenvalue weighted by Gasteiger charge is -2.26. The van der Waals surface area contributed by atoms with E-state index in [4.69, 9.17) is 10.5 Å². The molecule has 128 valence electrons. The number of para-hydroxylation sites is 1. The Labute approximate surface area is 153 Å². The second-order valence-corrected chi connectivity index (χ2v) is 6.83. The van der Waals surface area contributed by atoms with E-state index in [1.54, 1.807) is 0 Å². The summed E-state index contributed by atoms with van der Waals surface area (Å²) in [6.45, 7) is 1.10. The fourth-order valence-electron chi connectivity index (χ4n) is 2.98. The summed E-state index contributed by atoms with van der Waals surface area (Å²) in [5.41, 5.74) is 8.96. The fourth-order valence-corrected chi connectivity index (χ4v) is 3.33. The summed E-state index contributed by atoms with van der Waals surface area (Å²) in [6.07, 6.45) is 4.78. The van der Waals surface area contributed by atoms with Crippen LogP contribution in [-0.2, 0) is 6.54 Å². The maximum atomic E-state index is 6.08. The number of ether oxygens (including phenoxy) is 1. The molecule has 0 aliphatic carbocycles. The predicted octanol–water partition coefficient (Wildman–Crippen LogP) is 3.02. The fraction of sp³-hybridized carbons (Fsp3) is 0.222. The summed E-state index contributed by atoms with van der Waals surface area (Å²) in [6, 6.07) is 12.0. The molecule has 6 nitrogen and oxygen atoms in total. The second-order valence-electron chi connectivity index (χ2n) is 5.92. The maximum Gasteiger partial charge on any atom is 0.189 e. The van der Waals surface area contributed by atoms with Crippen molar-refractivity contribution >= 4 is 27.5 Å². The molecule has 0 saturated carbocycles. The first-order chi connectivity index (χ1) is 12.2. The summed E-state index contributed by atoms with van der Waals surface area (Å²) in [7, 11) is 0. The summed E-state index contributed by atoms with van der Waals surface area (Å²) in [4.78, 5) is 8.97. The van der Waals surface area contributed by atoms with Gasteiger partial charge >= 0.3 is 0 Å². The molecule has 2 aromatic heterocycles. The van der Waals surface area contributed by atoms with Gasteiger partial charge in [0.15, 0.2) is 5.96 Å². The number of nitrogens with zero attached hydrogens (tertiary/aromatic N) is 3. The molecule has 3 N–H and O–H groups in total. The van der Waals surface area contributed by atoms with Crippen molar-refractivity contribution < 1.29 is 4.74 Å². The molecule has 1 aromatic carbocycles. The van der Waals surface area contributed by atoms with Gasteiger partial charge in [0.2, 0.25) is 0 Å². The van der Waals surface area contributed by atoms with Crippen LogP contribution in [-0.4, -0.2) is 22.0 Å². The number of halogens is 1. The highest BCUT2D eigenvalue weighted by atomic mass is 79.9. The SMILES string of the molecule is NC(=NCc1cn2cc(Br)ccc2n1)NC1CCOc2ccccc21. The van der Waals surface area contributed by atoms with Crippen molar-refractivity contribution in [3.63, 3.8) is 0 Å². The zero-order valence-electron chi connectivity index (χ0n) is 13.5. The number of imidazole rings is 1. The van der Waals surface area contributed by atoms with Crippen LogP contribution in [0, 0.1) is 0 Å². The van der Waals surface area contributed by atoms with Gasteiger partial charge in [0.05, 0.1) is 24.9 Å². The van der Waals surface area contributed by atoms with Crippen molar-refractivity contribution in [3.05, 3.63) is 64.5 Å². The van der Waals surface area contributed by atoms with Crippen LogP contribution in [0.3, 0.4) is 0 Å². The minimum Gasteiger partial charge on any atom is -0.493 e. The van der Waals surface area contributed by atoms with Crippen molar-refractivity contribution in [2.75, 3.05) is 6.61 Å². The molecular formula is C18H18BrN5O. The van der Waals surface area contributed by atoms with Crippen LogP contribution in [0.1, 0.15) is 23.7 Å². The Morgan fingerprint density at radius 1 is 1.32 bits per heavy atom. The van der Waals surface area contributed by atoms with Crippen molar-refractivity contribution in [2.45, 2.75) is 19.0 Å². The number of nitrogens with two attached hydrogens (primary N) is 1. The molecule has 0 saturated heterocycles. The third kappa shape index (κ3) is 3.46. The zero-order valence-corrected chi connectivity index (χ0v) is 15.1. The van der Waals surface area contributed by atoms with Crippen LogP contribution in [0.15, 0.2) is 58.3 Å². The van der Waals surface area contributed by atoms with E-state index >= 15 is 0 Å². The third-order valence-electron chi connectivity index (χ3n) is 4.16. The van der Waals surface area contributed by atoms with E-state index in [0.29, 0.717) is 19.1 Å². The molecule has 0 fully saturated rings. The lowest BCUT2D eigenvalue weighted by molar-refractivity contribution is 0.262. The van der Waals surface area contributed by atoms with Crippen LogP contribution >= 0.6 is 15.9 Å². The number of rotatable bonds is 3. The zero-order chi connectivity index (χ0) is 17.2. The van der Waals surface area contributed by atoms with Crippen LogP contribution in [0.4, 0.5) is 0 Å². The summed E-state index contributed by atoms with van der Waals surface area (Å²) in [5, 5.41) is 3.29. The van der Waals surface area contributed by atoms with Crippen molar-refractivity contribution in [1.82, 2.24) is 14.7 Å². The van der Waals surface area contributed by atoms with Crippen LogP contribution in [0.25, 0.3) is 5.65 Å². The molecule has 0 amide bonds. The number of hydrogen-bond acceptors (Lipinski definition) is 3. The highest BCUT2D eigenvalue weighted by molar-refractivity contribution is 9.10. The number of guanidine groups is 1. The van der Waals surface area contributed by atoms with Gasteiger partial charge in [-0.2, -0.15) is 0 Å². The highest BCUT2D eigenvalue weighted by Crippen LogP contribution is 2.31. The van der Waals surface area contributed by atoms with E-state index in [2.05, 4.69) is 37.3 Å². The summed E-state index contributed by atoms with van der Waals surface area (Å²) < 4.78 is 8.64. The predicted molar refractivity (Wildman–Crippen MR) is 101 cm³/mol. The molecule has 1 unspecified atom stereocenters. The Morgan fingerprint density at radius 2 is 2.20 bits per heavy atom. The van der Waals surface area contributed by atoms with Crippen molar-refractivity contribution in [1.29, 1.82) is 0 Å². The smallest absolute Gasteiger partial charge is 0.189 e. The quantitative estimate of drug-likeness (QED) is 0.524. The van der Waals surface area contributed by atoms with Gasteiger partial charge in [-0.1, -0.05) is 18.2 Å². The van der Waals surface area contributed by atoms with E-state index in [9.17, 15) is 0 Å². The topological polar surface area (TPSA) is 76.9 Å². The Balaban J connectivity index is 1.46. The molecule has 3 heterocycles. The molecule has 1 aliphatic heterocycles. The van der Waals surface area contributed by atoms with Gasteiger partial charge in [0, 0.05) is 28.9 Å². The lowest BCUT2D eigenvalue weighted by Crippen LogP contribution is -2.37. The van der Waals surface area contributed by atoms with Crippen LogP contribution < -0.4 is 15.8 Å². The van der Waals surface area contributed by atoms with E-state index in [0.717, 1.165) is 33.5 Å². The molecular weight excluding hydrogens is 382 g/mol. The number of aliphatic imine (C=N–C) groups is 1. The maximum absolute atomic E-state index is 6.08. The molecule has 0 spiro atoms. The monoisotopic (exact) mass is 399 g/mol. The number of nitrogens with one attached hydrogen (secondary N) is 1. The third-order valence-corrected chi connectivity index (χ3v) is 4.63. The molecule has 1 aliphatic rings. The van der Waals surface area contributed by atoms with Crippen LogP contribution in [0.2, 0.25) is 0 Å². The molecule has 7 heteroatoms. The average molecular weight is 400 g/mol. The highest BCUT2D eigenvalue weighted by Gasteiger charge is 2.21. The van der Waals surface area contributed by atoms with Gasteiger partial charge in [0.1, 0.15) is 11.4 Å². The first-order valence-corrected chi connectivity index (χ1v) is 8.90. The number of benzene rings is 1. The number of hydrogen-bond donors (Lipinski definition) is 2. The molecule has 3 aromatic rings. The van der Waals surface area contributed by atoms with Gasteiger partial charge in [-0.3, -0.25) is 0 Å². The Kier molecular flexibility index (Phi) is 4.31.